The summed E-state index contributed by atoms with van der Waals surface area (Å²) in [7, 11) is 0. The van der Waals surface area contributed by atoms with Crippen molar-refractivity contribution in [3.63, 3.8) is 0 Å². The van der Waals surface area contributed by atoms with Gasteiger partial charge in [0, 0.05) is 10.6 Å². The molecule has 0 nitrogen and oxygen atoms in total. The number of benzene rings is 2. The molecule has 0 amide bonds. The second kappa shape index (κ2) is 5.62. The van der Waals surface area contributed by atoms with Gasteiger partial charge in [0.05, 0.1) is 0 Å². The SMILES string of the molecule is c1ccc(CCSc2ccccc2)cc1. The monoisotopic (exact) mass is 214 g/mol. The van der Waals surface area contributed by atoms with Crippen molar-refractivity contribution in [1.29, 1.82) is 0 Å². The van der Waals surface area contributed by atoms with Gasteiger partial charge in [0.25, 0.3) is 0 Å². The van der Waals surface area contributed by atoms with Gasteiger partial charge in [0.15, 0.2) is 0 Å². The second-order valence-electron chi connectivity index (χ2n) is 3.40. The van der Waals surface area contributed by atoms with Crippen molar-refractivity contribution < 1.29 is 0 Å². The highest BCUT2D eigenvalue weighted by atomic mass is 32.2. The minimum Gasteiger partial charge on any atom is -0.126 e. The Hall–Kier alpha value is -1.21. The molecule has 0 N–H and O–H groups in total. The van der Waals surface area contributed by atoms with E-state index in [1.807, 2.05) is 11.8 Å². The van der Waals surface area contributed by atoms with E-state index in [2.05, 4.69) is 60.7 Å². The highest BCUT2D eigenvalue weighted by Crippen LogP contribution is 2.18. The lowest BCUT2D eigenvalue weighted by molar-refractivity contribution is 1.15. The molecule has 0 radical (unpaired) electrons. The third-order valence-electron chi connectivity index (χ3n) is 2.25. The van der Waals surface area contributed by atoms with Gasteiger partial charge in [-0.15, -0.1) is 11.8 Å². The molecule has 0 spiro atoms. The summed E-state index contributed by atoms with van der Waals surface area (Å²) < 4.78 is 0. The summed E-state index contributed by atoms with van der Waals surface area (Å²) in [6.07, 6.45) is 1.14. The lowest BCUT2D eigenvalue weighted by Gasteiger charge is -2.01. The molecule has 76 valence electrons. The van der Waals surface area contributed by atoms with E-state index in [4.69, 9.17) is 0 Å². The molecule has 0 aliphatic carbocycles. The number of hydrogen-bond acceptors (Lipinski definition) is 1. The van der Waals surface area contributed by atoms with Crippen LogP contribution in [0.5, 0.6) is 0 Å². The van der Waals surface area contributed by atoms with Crippen LogP contribution in [0.4, 0.5) is 0 Å². The van der Waals surface area contributed by atoms with Crippen molar-refractivity contribution in [1.82, 2.24) is 0 Å². The Morgan fingerprint density at radius 1 is 0.733 bits per heavy atom. The van der Waals surface area contributed by atoms with Crippen LogP contribution >= 0.6 is 11.8 Å². The van der Waals surface area contributed by atoms with Crippen LogP contribution in [-0.2, 0) is 6.42 Å². The first-order chi connectivity index (χ1) is 7.45. The van der Waals surface area contributed by atoms with Gasteiger partial charge in [-0.25, -0.2) is 0 Å². The fourth-order valence-electron chi connectivity index (χ4n) is 1.45. The van der Waals surface area contributed by atoms with E-state index in [0.717, 1.165) is 12.2 Å². The minimum atomic E-state index is 1.14. The maximum absolute atomic E-state index is 2.19. The Morgan fingerprint density at radius 2 is 1.33 bits per heavy atom. The van der Waals surface area contributed by atoms with E-state index < -0.39 is 0 Å². The average molecular weight is 214 g/mol. The fraction of sp³-hybridized carbons (Fsp3) is 0.143. The molecule has 0 heterocycles. The second-order valence-corrected chi connectivity index (χ2v) is 4.57. The maximum Gasteiger partial charge on any atom is 0.00720 e. The van der Waals surface area contributed by atoms with Gasteiger partial charge in [0.1, 0.15) is 0 Å². The molecule has 0 unspecified atom stereocenters. The number of rotatable bonds is 4. The van der Waals surface area contributed by atoms with E-state index in [0.29, 0.717) is 0 Å². The van der Waals surface area contributed by atoms with Gasteiger partial charge in [-0.2, -0.15) is 0 Å². The largest absolute Gasteiger partial charge is 0.126 e. The molecule has 0 aromatic heterocycles. The third-order valence-corrected chi connectivity index (χ3v) is 3.26. The van der Waals surface area contributed by atoms with Crippen LogP contribution in [0.2, 0.25) is 0 Å². The predicted molar refractivity (Wildman–Crippen MR) is 67.3 cm³/mol. The van der Waals surface area contributed by atoms with E-state index in [1.54, 1.807) is 0 Å². The summed E-state index contributed by atoms with van der Waals surface area (Å²) >= 11 is 1.92. The lowest BCUT2D eigenvalue weighted by atomic mass is 10.2. The van der Waals surface area contributed by atoms with Gasteiger partial charge in [0.2, 0.25) is 0 Å². The van der Waals surface area contributed by atoms with Crippen LogP contribution in [-0.4, -0.2) is 5.75 Å². The van der Waals surface area contributed by atoms with E-state index >= 15 is 0 Å². The molecule has 0 saturated carbocycles. The molecule has 0 aliphatic rings. The summed E-state index contributed by atoms with van der Waals surface area (Å²) in [5.74, 6) is 1.15. The number of aryl methyl sites for hydroxylation is 1. The van der Waals surface area contributed by atoms with Crippen LogP contribution < -0.4 is 0 Å². The Balaban J connectivity index is 1.81. The van der Waals surface area contributed by atoms with Crippen molar-refractivity contribution in [2.45, 2.75) is 11.3 Å². The van der Waals surface area contributed by atoms with Crippen LogP contribution in [0.1, 0.15) is 5.56 Å². The highest BCUT2D eigenvalue weighted by molar-refractivity contribution is 7.99. The van der Waals surface area contributed by atoms with Crippen LogP contribution in [0.25, 0.3) is 0 Å². The third kappa shape index (κ3) is 3.45. The fourth-order valence-corrected chi connectivity index (χ4v) is 2.37. The predicted octanol–water partition coefficient (Wildman–Crippen LogP) is 4.02. The Labute approximate surface area is 95.3 Å². The normalized spacial score (nSPS) is 10.1. The van der Waals surface area contributed by atoms with Crippen molar-refractivity contribution >= 4 is 11.8 Å². The number of hydrogen-bond donors (Lipinski definition) is 0. The topological polar surface area (TPSA) is 0 Å². The zero-order valence-corrected chi connectivity index (χ0v) is 9.41. The lowest BCUT2D eigenvalue weighted by Crippen LogP contribution is -1.87. The van der Waals surface area contributed by atoms with Crippen molar-refractivity contribution in [3.05, 3.63) is 66.2 Å². The van der Waals surface area contributed by atoms with Crippen LogP contribution in [0.15, 0.2) is 65.6 Å². The Bertz CT molecular complexity index is 341. The molecular formula is C14H14S. The average Bonchev–Trinajstić information content (AvgIpc) is 2.32. The highest BCUT2D eigenvalue weighted by Gasteiger charge is 1.94. The molecule has 0 atom stereocenters. The van der Waals surface area contributed by atoms with Crippen molar-refractivity contribution in [2.75, 3.05) is 5.75 Å². The number of thioether (sulfide) groups is 1. The smallest absolute Gasteiger partial charge is 0.00720 e. The first kappa shape index (κ1) is 10.3. The van der Waals surface area contributed by atoms with Gasteiger partial charge in [-0.05, 0) is 24.1 Å². The summed E-state index contributed by atoms with van der Waals surface area (Å²) in [5, 5.41) is 0. The minimum absolute atomic E-state index is 1.14. The van der Waals surface area contributed by atoms with Gasteiger partial charge in [-0.3, -0.25) is 0 Å². The molecule has 2 rings (SSSR count). The summed E-state index contributed by atoms with van der Waals surface area (Å²) in [5.41, 5.74) is 1.42. The molecule has 0 saturated heterocycles. The van der Waals surface area contributed by atoms with Crippen LogP contribution in [0, 0.1) is 0 Å². The molecule has 2 aromatic carbocycles. The molecule has 0 aliphatic heterocycles. The summed E-state index contributed by atoms with van der Waals surface area (Å²) in [4.78, 5) is 1.36. The van der Waals surface area contributed by atoms with Gasteiger partial charge in [-0.1, -0.05) is 48.5 Å². The molecule has 0 fully saturated rings. The molecular weight excluding hydrogens is 200 g/mol. The summed E-state index contributed by atoms with van der Waals surface area (Å²) in [6, 6.07) is 21.2. The Morgan fingerprint density at radius 3 is 2.00 bits per heavy atom. The standard InChI is InChI=1S/C14H14S/c1-3-7-13(8-4-1)11-12-15-14-9-5-2-6-10-14/h1-10H,11-12H2. The van der Waals surface area contributed by atoms with E-state index in [9.17, 15) is 0 Å². The maximum atomic E-state index is 2.19. The molecule has 1 heteroatoms. The molecule has 15 heavy (non-hydrogen) atoms. The Kier molecular flexibility index (Phi) is 3.86. The molecule has 0 bridgehead atoms. The molecule has 2 aromatic rings. The zero-order valence-electron chi connectivity index (χ0n) is 8.60. The van der Waals surface area contributed by atoms with E-state index in [1.165, 1.54) is 10.5 Å². The van der Waals surface area contributed by atoms with Gasteiger partial charge < -0.3 is 0 Å². The first-order valence-electron chi connectivity index (χ1n) is 5.17. The van der Waals surface area contributed by atoms with Gasteiger partial charge >= 0.3 is 0 Å². The van der Waals surface area contributed by atoms with Crippen LogP contribution in [0.3, 0.4) is 0 Å². The van der Waals surface area contributed by atoms with Crippen molar-refractivity contribution in [2.24, 2.45) is 0 Å². The quantitative estimate of drug-likeness (QED) is 0.693. The zero-order chi connectivity index (χ0) is 10.3. The summed E-state index contributed by atoms with van der Waals surface area (Å²) in [6.45, 7) is 0. The first-order valence-corrected chi connectivity index (χ1v) is 6.15. The van der Waals surface area contributed by atoms with Crippen molar-refractivity contribution in [3.8, 4) is 0 Å². The van der Waals surface area contributed by atoms with E-state index in [-0.39, 0.29) is 0 Å².